The number of amides is 3. The van der Waals surface area contributed by atoms with Crippen molar-refractivity contribution in [3.05, 3.63) is 70.8 Å². The summed E-state index contributed by atoms with van der Waals surface area (Å²) >= 11 is 0. The van der Waals surface area contributed by atoms with Gasteiger partial charge in [-0.3, -0.25) is 9.59 Å². The maximum atomic E-state index is 14.5. The minimum absolute atomic E-state index is 0.207. The molecule has 2 aromatic carbocycles. The second-order valence-corrected chi connectivity index (χ2v) is 14.1. The number of aryl methyl sites for hydroxylation is 2. The number of alkyl carbamates (subject to hydrolysis) is 1. The van der Waals surface area contributed by atoms with Gasteiger partial charge in [-0.2, -0.15) is 0 Å². The molecule has 2 N–H and O–H groups in total. The molecule has 0 aromatic heterocycles. The Bertz CT molecular complexity index is 1330. The van der Waals surface area contributed by atoms with Gasteiger partial charge in [-0.1, -0.05) is 75.7 Å². The van der Waals surface area contributed by atoms with Crippen molar-refractivity contribution in [1.29, 1.82) is 0 Å². The van der Waals surface area contributed by atoms with Crippen molar-refractivity contribution < 1.29 is 28.7 Å². The van der Waals surface area contributed by atoms with Gasteiger partial charge in [0.1, 0.15) is 29.3 Å². The number of nitrogens with one attached hydrogen (secondary N) is 2. The second kappa shape index (κ2) is 16.6. The van der Waals surface area contributed by atoms with E-state index in [0.717, 1.165) is 16.7 Å². The molecule has 0 fully saturated rings. The Labute approximate surface area is 275 Å². The van der Waals surface area contributed by atoms with Crippen molar-refractivity contribution in [2.24, 2.45) is 5.92 Å². The molecule has 0 radical (unpaired) electrons. The Morgan fingerprint density at radius 2 is 1.43 bits per heavy atom. The maximum absolute atomic E-state index is 14.5. The molecule has 254 valence electrons. The van der Waals surface area contributed by atoms with Crippen LogP contribution in [0.1, 0.15) is 103 Å². The molecular weight excluding hydrogens is 582 g/mol. The number of carbonyl (C=O) groups is 4. The lowest BCUT2D eigenvalue weighted by atomic mass is 9.94. The Hall–Kier alpha value is -3.88. The average Bonchev–Trinajstić information content (AvgIpc) is 2.95. The summed E-state index contributed by atoms with van der Waals surface area (Å²) in [5.74, 6) is -1.74. The number of esters is 1. The first kappa shape index (κ1) is 38.3. The monoisotopic (exact) mass is 637 g/mol. The van der Waals surface area contributed by atoms with Crippen molar-refractivity contribution in [3.8, 4) is 0 Å². The normalized spacial score (nSPS) is 14.3. The predicted molar refractivity (Wildman–Crippen MR) is 181 cm³/mol. The average molecular weight is 638 g/mol. The molecule has 0 saturated carbocycles. The van der Waals surface area contributed by atoms with E-state index in [0.29, 0.717) is 18.4 Å². The number of carbonyl (C=O) groups excluding carboxylic acids is 4. The number of benzene rings is 2. The summed E-state index contributed by atoms with van der Waals surface area (Å²) < 4.78 is 11.2. The highest BCUT2D eigenvalue weighted by Gasteiger charge is 2.39. The van der Waals surface area contributed by atoms with Gasteiger partial charge in [0.15, 0.2) is 0 Å². The Kier molecular flexibility index (Phi) is 13.8. The molecule has 0 saturated heterocycles. The molecule has 2 aromatic rings. The molecule has 4 atom stereocenters. The molecule has 0 bridgehead atoms. The summed E-state index contributed by atoms with van der Waals surface area (Å²) in [6.45, 7) is 20.5. The molecule has 9 heteroatoms. The van der Waals surface area contributed by atoms with Gasteiger partial charge in [0, 0.05) is 13.0 Å². The van der Waals surface area contributed by atoms with E-state index in [2.05, 4.69) is 10.6 Å². The van der Waals surface area contributed by atoms with Crippen LogP contribution in [0.15, 0.2) is 48.5 Å². The van der Waals surface area contributed by atoms with Gasteiger partial charge >= 0.3 is 12.1 Å². The minimum atomic E-state index is -1.08. The van der Waals surface area contributed by atoms with Crippen LogP contribution < -0.4 is 10.6 Å². The van der Waals surface area contributed by atoms with E-state index in [9.17, 15) is 19.2 Å². The van der Waals surface area contributed by atoms with Gasteiger partial charge in [-0.15, -0.1) is 0 Å². The van der Waals surface area contributed by atoms with E-state index >= 15 is 0 Å². The third-order valence-electron chi connectivity index (χ3n) is 7.60. The third kappa shape index (κ3) is 11.8. The maximum Gasteiger partial charge on any atom is 0.408 e. The molecule has 0 heterocycles. The van der Waals surface area contributed by atoms with E-state index in [4.69, 9.17) is 9.47 Å². The van der Waals surface area contributed by atoms with Crippen LogP contribution in [0.2, 0.25) is 0 Å². The van der Waals surface area contributed by atoms with Crippen LogP contribution in [0.4, 0.5) is 4.79 Å². The first-order valence-corrected chi connectivity index (χ1v) is 16.3. The first-order valence-electron chi connectivity index (χ1n) is 16.3. The zero-order valence-electron chi connectivity index (χ0n) is 29.7. The van der Waals surface area contributed by atoms with Crippen molar-refractivity contribution >= 4 is 23.9 Å². The molecular formula is C37H55N3O6. The fourth-order valence-corrected chi connectivity index (χ4v) is 4.98. The highest BCUT2D eigenvalue weighted by atomic mass is 16.6. The van der Waals surface area contributed by atoms with Gasteiger partial charge in [-0.05, 0) is 90.0 Å². The van der Waals surface area contributed by atoms with Crippen LogP contribution in [0.3, 0.4) is 0 Å². The first-order chi connectivity index (χ1) is 21.4. The van der Waals surface area contributed by atoms with Gasteiger partial charge in [0.25, 0.3) is 0 Å². The molecule has 0 aliphatic heterocycles. The minimum Gasteiger partial charge on any atom is -0.458 e. The smallest absolute Gasteiger partial charge is 0.408 e. The van der Waals surface area contributed by atoms with Crippen LogP contribution in [0.5, 0.6) is 0 Å². The molecule has 46 heavy (non-hydrogen) atoms. The molecule has 3 amide bonds. The zero-order valence-corrected chi connectivity index (χ0v) is 29.7. The largest absolute Gasteiger partial charge is 0.458 e. The zero-order chi connectivity index (χ0) is 34.8. The standard InChI is InChI=1S/C37H55N3O6/c1-12-21-40(33(42)30(24(3)13-2)39-35(44)46-37(9,10)11)31(28-20-19-25(4)26(5)22-28)32(41)38-29(34(43)45-36(6,7)8)23-27-17-15-14-16-18-27/h14-20,22,24,29-31H,12-13,21,23H2,1-11H3,(H,38,41)(H,39,44). The summed E-state index contributed by atoms with van der Waals surface area (Å²) in [5, 5.41) is 5.74. The molecule has 4 unspecified atom stereocenters. The van der Waals surface area contributed by atoms with Crippen LogP contribution in [0, 0.1) is 19.8 Å². The van der Waals surface area contributed by atoms with E-state index in [1.54, 1.807) is 41.5 Å². The predicted octanol–water partition coefficient (Wildman–Crippen LogP) is 6.59. The second-order valence-electron chi connectivity index (χ2n) is 14.1. The summed E-state index contributed by atoms with van der Waals surface area (Å²) in [5.41, 5.74) is 1.92. The van der Waals surface area contributed by atoms with Gasteiger partial charge < -0.3 is 25.0 Å². The van der Waals surface area contributed by atoms with Gasteiger partial charge in [0.2, 0.25) is 11.8 Å². The Morgan fingerprint density at radius 3 is 1.96 bits per heavy atom. The molecule has 0 spiro atoms. The number of rotatable bonds is 13. The van der Waals surface area contributed by atoms with Crippen molar-refractivity contribution in [2.75, 3.05) is 6.54 Å². The third-order valence-corrected chi connectivity index (χ3v) is 7.60. The summed E-state index contributed by atoms with van der Waals surface area (Å²) in [6.07, 6.45) is 0.658. The molecule has 9 nitrogen and oxygen atoms in total. The van der Waals surface area contributed by atoms with Gasteiger partial charge in [-0.25, -0.2) is 9.59 Å². The lowest BCUT2D eigenvalue weighted by molar-refractivity contribution is -0.159. The Balaban J connectivity index is 2.63. The number of ether oxygens (including phenoxy) is 2. The van der Waals surface area contributed by atoms with Crippen LogP contribution in [0.25, 0.3) is 0 Å². The van der Waals surface area contributed by atoms with Gasteiger partial charge in [0.05, 0.1) is 0 Å². The lowest BCUT2D eigenvalue weighted by Gasteiger charge is -2.36. The summed E-state index contributed by atoms with van der Waals surface area (Å²) in [4.78, 5) is 56.9. The Morgan fingerprint density at radius 1 is 0.826 bits per heavy atom. The SMILES string of the molecule is CCCN(C(=O)C(NC(=O)OC(C)(C)C)C(C)CC)C(C(=O)NC(Cc1ccccc1)C(=O)OC(C)(C)C)c1ccc(C)c(C)c1. The van der Waals surface area contributed by atoms with E-state index in [-0.39, 0.29) is 18.9 Å². The lowest BCUT2D eigenvalue weighted by Crippen LogP contribution is -2.56. The number of hydrogen-bond acceptors (Lipinski definition) is 6. The van der Waals surface area contributed by atoms with E-state index < -0.39 is 53.2 Å². The van der Waals surface area contributed by atoms with Crippen molar-refractivity contribution in [1.82, 2.24) is 15.5 Å². The summed E-state index contributed by atoms with van der Waals surface area (Å²) in [6, 6.07) is 12.0. The van der Waals surface area contributed by atoms with Crippen molar-refractivity contribution in [2.45, 2.75) is 125 Å². The van der Waals surface area contributed by atoms with E-state index in [1.165, 1.54) is 4.90 Å². The fraction of sp³-hybridized carbons (Fsp3) is 0.568. The van der Waals surface area contributed by atoms with Crippen LogP contribution in [-0.4, -0.2) is 58.6 Å². The highest BCUT2D eigenvalue weighted by molar-refractivity contribution is 5.94. The summed E-state index contributed by atoms with van der Waals surface area (Å²) in [7, 11) is 0. The molecule has 0 aliphatic rings. The quantitative estimate of drug-likeness (QED) is 0.240. The van der Waals surface area contributed by atoms with Crippen molar-refractivity contribution in [3.63, 3.8) is 0 Å². The topological polar surface area (TPSA) is 114 Å². The molecule has 2 rings (SSSR count). The fourth-order valence-electron chi connectivity index (χ4n) is 4.98. The van der Waals surface area contributed by atoms with Crippen LogP contribution in [-0.2, 0) is 30.3 Å². The number of nitrogens with zero attached hydrogens (tertiary/aromatic N) is 1. The highest BCUT2D eigenvalue weighted by Crippen LogP contribution is 2.27. The van der Waals surface area contributed by atoms with E-state index in [1.807, 2.05) is 83.1 Å². The van der Waals surface area contributed by atoms with Crippen LogP contribution >= 0.6 is 0 Å². The number of hydrogen-bond donors (Lipinski definition) is 2. The molecule has 0 aliphatic carbocycles.